The molecule has 1 saturated carbocycles. The third-order valence-electron chi connectivity index (χ3n) is 4.43. The number of hydrogen-bond donors (Lipinski definition) is 1. The van der Waals surface area contributed by atoms with Gasteiger partial charge in [0.05, 0.1) is 18.5 Å². The Morgan fingerprint density at radius 3 is 2.71 bits per heavy atom. The molecule has 2 heterocycles. The fourth-order valence-corrected chi connectivity index (χ4v) is 3.51. The van der Waals surface area contributed by atoms with Crippen molar-refractivity contribution in [3.05, 3.63) is 18.7 Å². The number of hydrogen-bond acceptors (Lipinski definition) is 4. The molecule has 1 aromatic heterocycles. The van der Waals surface area contributed by atoms with E-state index in [9.17, 15) is 9.90 Å². The van der Waals surface area contributed by atoms with Gasteiger partial charge in [-0.3, -0.25) is 0 Å². The van der Waals surface area contributed by atoms with Gasteiger partial charge in [0.2, 0.25) is 0 Å². The van der Waals surface area contributed by atoms with Crippen molar-refractivity contribution in [2.75, 3.05) is 13.1 Å². The molecule has 0 bridgehead atoms. The van der Waals surface area contributed by atoms with Gasteiger partial charge in [-0.2, -0.15) is 0 Å². The molecule has 6 nitrogen and oxygen atoms in total. The molecule has 21 heavy (non-hydrogen) atoms. The molecule has 1 saturated heterocycles. The zero-order valence-corrected chi connectivity index (χ0v) is 12.8. The highest BCUT2D eigenvalue weighted by Gasteiger charge is 2.49. The van der Waals surface area contributed by atoms with Crippen molar-refractivity contribution in [2.45, 2.75) is 44.9 Å². The van der Waals surface area contributed by atoms with E-state index in [0.29, 0.717) is 19.0 Å². The molecule has 6 heteroatoms. The van der Waals surface area contributed by atoms with Crippen LogP contribution in [0.2, 0.25) is 0 Å². The van der Waals surface area contributed by atoms with Crippen molar-refractivity contribution in [2.24, 2.45) is 11.8 Å². The van der Waals surface area contributed by atoms with Gasteiger partial charge >= 0.3 is 6.09 Å². The third kappa shape index (κ3) is 2.77. The van der Waals surface area contributed by atoms with Crippen molar-refractivity contribution in [1.82, 2.24) is 14.5 Å². The van der Waals surface area contributed by atoms with Crippen LogP contribution in [0.15, 0.2) is 18.7 Å². The number of likely N-dealkylation sites (tertiary alicyclic amines) is 1. The van der Waals surface area contributed by atoms with Crippen molar-refractivity contribution in [1.29, 1.82) is 0 Å². The van der Waals surface area contributed by atoms with Gasteiger partial charge in [0, 0.05) is 31.4 Å². The van der Waals surface area contributed by atoms with Crippen molar-refractivity contribution >= 4 is 6.09 Å². The quantitative estimate of drug-likeness (QED) is 0.855. The maximum absolute atomic E-state index is 12.1. The molecular weight excluding hydrogens is 270 g/mol. The normalized spacial score (nSPS) is 32.3. The van der Waals surface area contributed by atoms with Crippen LogP contribution in [-0.4, -0.2) is 50.4 Å². The monoisotopic (exact) mass is 293 g/mol. The number of amides is 1. The van der Waals surface area contributed by atoms with Crippen molar-refractivity contribution in [3.8, 4) is 0 Å². The first-order valence-corrected chi connectivity index (χ1v) is 7.48. The first-order chi connectivity index (χ1) is 9.85. The van der Waals surface area contributed by atoms with Crippen LogP contribution < -0.4 is 0 Å². The summed E-state index contributed by atoms with van der Waals surface area (Å²) in [6, 6.07) is 0.0725. The smallest absolute Gasteiger partial charge is 0.410 e. The second-order valence-corrected chi connectivity index (χ2v) is 7.11. The first-order valence-electron chi connectivity index (χ1n) is 7.48. The fourth-order valence-electron chi connectivity index (χ4n) is 3.51. The lowest BCUT2D eigenvalue weighted by Gasteiger charge is -2.26. The van der Waals surface area contributed by atoms with Gasteiger partial charge in [-0.25, -0.2) is 9.78 Å². The number of aliphatic hydroxyl groups excluding tert-OH is 1. The van der Waals surface area contributed by atoms with Crippen LogP contribution in [-0.2, 0) is 4.74 Å². The predicted molar refractivity (Wildman–Crippen MR) is 76.7 cm³/mol. The number of ether oxygens (including phenoxy) is 1. The molecular formula is C15H23N3O3. The maximum atomic E-state index is 12.1. The summed E-state index contributed by atoms with van der Waals surface area (Å²) in [7, 11) is 0. The van der Waals surface area contributed by atoms with E-state index in [1.807, 2.05) is 31.5 Å². The van der Waals surface area contributed by atoms with Crippen molar-refractivity contribution in [3.63, 3.8) is 0 Å². The van der Waals surface area contributed by atoms with E-state index in [0.717, 1.165) is 6.42 Å². The van der Waals surface area contributed by atoms with Crippen LogP contribution in [0.1, 0.15) is 33.2 Å². The van der Waals surface area contributed by atoms with E-state index >= 15 is 0 Å². The largest absolute Gasteiger partial charge is 0.444 e. The summed E-state index contributed by atoms with van der Waals surface area (Å²) in [5.41, 5.74) is -0.479. The molecule has 0 radical (unpaired) electrons. The molecule has 0 aromatic carbocycles. The summed E-state index contributed by atoms with van der Waals surface area (Å²) >= 11 is 0. The lowest BCUT2D eigenvalue weighted by Crippen LogP contribution is -2.37. The fraction of sp³-hybridized carbons (Fsp3) is 0.733. The number of fused-ring (bicyclic) bond motifs is 1. The van der Waals surface area contributed by atoms with Crippen LogP contribution in [0.25, 0.3) is 0 Å². The number of imidazole rings is 1. The van der Waals surface area contributed by atoms with E-state index < -0.39 is 11.7 Å². The molecule has 0 spiro atoms. The van der Waals surface area contributed by atoms with E-state index in [2.05, 4.69) is 4.98 Å². The van der Waals surface area contributed by atoms with Crippen LogP contribution in [0.3, 0.4) is 0 Å². The molecule has 4 unspecified atom stereocenters. The predicted octanol–water partition coefficient (Wildman–Crippen LogP) is 1.67. The molecule has 116 valence electrons. The number of rotatable bonds is 1. The van der Waals surface area contributed by atoms with E-state index in [1.165, 1.54) is 0 Å². The molecule has 1 N–H and O–H groups in total. The van der Waals surface area contributed by atoms with Gasteiger partial charge in [-0.1, -0.05) is 0 Å². The Bertz CT molecular complexity index is 509. The second-order valence-electron chi connectivity index (χ2n) is 7.11. The molecule has 1 aliphatic carbocycles. The number of aromatic nitrogens is 2. The Kier molecular flexibility index (Phi) is 3.43. The van der Waals surface area contributed by atoms with Crippen LogP contribution in [0.5, 0.6) is 0 Å². The number of carbonyl (C=O) groups is 1. The molecule has 1 amide bonds. The van der Waals surface area contributed by atoms with Gasteiger partial charge in [0.1, 0.15) is 5.60 Å². The van der Waals surface area contributed by atoms with Gasteiger partial charge in [0.15, 0.2) is 0 Å². The van der Waals surface area contributed by atoms with E-state index in [4.69, 9.17) is 4.74 Å². The standard InChI is InChI=1S/C15H23N3O3/c1-15(2,3)21-14(20)18-7-10-6-12(13(19)11(10)8-18)17-5-4-16-9-17/h4-5,9-13,19H,6-8H2,1-3H3. The molecule has 2 aliphatic rings. The highest BCUT2D eigenvalue weighted by Crippen LogP contribution is 2.44. The summed E-state index contributed by atoms with van der Waals surface area (Å²) in [4.78, 5) is 17.9. The average Bonchev–Trinajstić information content (AvgIpc) is 3.05. The van der Waals surface area contributed by atoms with Gasteiger partial charge in [-0.05, 0) is 33.1 Å². The average molecular weight is 293 g/mol. The van der Waals surface area contributed by atoms with Gasteiger partial charge in [0.25, 0.3) is 0 Å². The molecule has 1 aromatic rings. The van der Waals surface area contributed by atoms with Gasteiger partial charge < -0.3 is 19.3 Å². The Hall–Kier alpha value is -1.56. The maximum Gasteiger partial charge on any atom is 0.410 e. The minimum absolute atomic E-state index is 0.0725. The summed E-state index contributed by atoms with van der Waals surface area (Å²) in [6.07, 6.45) is 5.54. The topological polar surface area (TPSA) is 67.6 Å². The van der Waals surface area contributed by atoms with E-state index in [1.54, 1.807) is 17.4 Å². The van der Waals surface area contributed by atoms with Crippen LogP contribution in [0, 0.1) is 11.8 Å². The summed E-state index contributed by atoms with van der Waals surface area (Å²) in [5.74, 6) is 0.463. The lowest BCUT2D eigenvalue weighted by molar-refractivity contribution is 0.0246. The molecule has 1 aliphatic heterocycles. The summed E-state index contributed by atoms with van der Waals surface area (Å²) in [5, 5.41) is 10.5. The summed E-state index contributed by atoms with van der Waals surface area (Å²) < 4.78 is 7.38. The molecule has 3 rings (SSSR count). The van der Waals surface area contributed by atoms with Crippen LogP contribution in [0.4, 0.5) is 4.79 Å². The van der Waals surface area contributed by atoms with Gasteiger partial charge in [-0.15, -0.1) is 0 Å². The minimum Gasteiger partial charge on any atom is -0.444 e. The Labute approximate surface area is 124 Å². The second kappa shape index (κ2) is 5.02. The zero-order chi connectivity index (χ0) is 15.2. The first kappa shape index (κ1) is 14.4. The minimum atomic E-state index is -0.479. The lowest BCUT2D eigenvalue weighted by atomic mass is 9.99. The van der Waals surface area contributed by atoms with Crippen molar-refractivity contribution < 1.29 is 14.6 Å². The number of carbonyl (C=O) groups excluding carboxylic acids is 1. The SMILES string of the molecule is CC(C)(C)OC(=O)N1CC2CC(n3ccnc3)C(O)C2C1. The Morgan fingerprint density at radius 1 is 1.38 bits per heavy atom. The summed E-state index contributed by atoms with van der Waals surface area (Å²) in [6.45, 7) is 6.84. The number of aliphatic hydroxyl groups is 1. The molecule has 4 atom stereocenters. The third-order valence-corrected chi connectivity index (χ3v) is 4.43. The Balaban J connectivity index is 1.64. The van der Waals surface area contributed by atoms with E-state index in [-0.39, 0.29) is 18.1 Å². The van der Waals surface area contributed by atoms with Crippen LogP contribution >= 0.6 is 0 Å². The Morgan fingerprint density at radius 2 is 2.14 bits per heavy atom. The highest BCUT2D eigenvalue weighted by atomic mass is 16.6. The molecule has 2 fully saturated rings. The highest BCUT2D eigenvalue weighted by molar-refractivity contribution is 5.68. The zero-order valence-electron chi connectivity index (χ0n) is 12.8. The number of nitrogens with zero attached hydrogens (tertiary/aromatic N) is 3.